The average molecular weight is 492 g/mol. The van der Waals surface area contributed by atoms with E-state index in [0.717, 1.165) is 40.9 Å². The van der Waals surface area contributed by atoms with Gasteiger partial charge in [0.15, 0.2) is 5.11 Å². The van der Waals surface area contributed by atoms with Crippen molar-refractivity contribution in [3.8, 4) is 0 Å². The standard InChI is InChI=1S/C28H30FN3O2S/c1-7-8-31-24-14-23(29)19(12-21(24)18(4)15-28(31,5)6)13-22-25(33)30-27(35)32(26(22)34)20-10-16(2)9-17(3)11-20/h9-15H,7-8H2,1-6H3,(H,30,33,35)/b22-13-. The number of thiocarbonyl (C=S) groups is 1. The number of benzene rings is 2. The molecule has 4 rings (SSSR count). The maximum Gasteiger partial charge on any atom is 0.270 e. The van der Waals surface area contributed by atoms with Gasteiger partial charge in [0, 0.05) is 23.4 Å². The van der Waals surface area contributed by atoms with Crippen molar-refractivity contribution >= 4 is 52.2 Å². The quantitative estimate of drug-likeness (QED) is 0.339. The molecule has 0 aliphatic carbocycles. The number of rotatable bonds is 4. The molecule has 0 aromatic heterocycles. The maximum atomic E-state index is 15.4. The summed E-state index contributed by atoms with van der Waals surface area (Å²) >= 11 is 5.31. The van der Waals surface area contributed by atoms with Crippen LogP contribution in [-0.4, -0.2) is 29.0 Å². The summed E-state index contributed by atoms with van der Waals surface area (Å²) in [5.74, 6) is -1.71. The largest absolute Gasteiger partial charge is 0.362 e. The van der Waals surface area contributed by atoms with Gasteiger partial charge in [0.1, 0.15) is 11.4 Å². The Morgan fingerprint density at radius 1 is 1.06 bits per heavy atom. The smallest absolute Gasteiger partial charge is 0.270 e. The molecule has 1 fully saturated rings. The highest BCUT2D eigenvalue weighted by atomic mass is 32.1. The molecule has 0 unspecified atom stereocenters. The van der Waals surface area contributed by atoms with E-state index in [1.165, 1.54) is 17.0 Å². The molecular formula is C28H30FN3O2S. The lowest BCUT2D eigenvalue weighted by Crippen LogP contribution is -2.54. The van der Waals surface area contributed by atoms with Gasteiger partial charge in [0.25, 0.3) is 11.8 Å². The number of carbonyl (C=O) groups excluding carboxylic acids is 2. The minimum Gasteiger partial charge on any atom is -0.362 e. The van der Waals surface area contributed by atoms with Crippen LogP contribution < -0.4 is 15.1 Å². The third-order valence-electron chi connectivity index (χ3n) is 6.41. The third kappa shape index (κ3) is 4.52. The topological polar surface area (TPSA) is 52.7 Å². The van der Waals surface area contributed by atoms with E-state index in [2.05, 4.69) is 37.1 Å². The van der Waals surface area contributed by atoms with Crippen molar-refractivity contribution in [2.45, 2.75) is 53.5 Å². The Labute approximate surface area is 211 Å². The molecule has 2 heterocycles. The van der Waals surface area contributed by atoms with E-state index in [1.807, 2.05) is 39.0 Å². The summed E-state index contributed by atoms with van der Waals surface area (Å²) in [7, 11) is 0. The molecule has 0 atom stereocenters. The first-order valence-corrected chi connectivity index (χ1v) is 12.1. The van der Waals surface area contributed by atoms with E-state index < -0.39 is 17.6 Å². The molecular weight excluding hydrogens is 461 g/mol. The summed E-state index contributed by atoms with van der Waals surface area (Å²) in [6.45, 7) is 12.9. The molecule has 0 saturated carbocycles. The highest BCUT2D eigenvalue weighted by Crippen LogP contribution is 2.40. The molecule has 35 heavy (non-hydrogen) atoms. The Balaban J connectivity index is 1.80. The number of hydrogen-bond donors (Lipinski definition) is 1. The molecule has 0 spiro atoms. The number of amides is 2. The Morgan fingerprint density at radius 3 is 2.34 bits per heavy atom. The van der Waals surface area contributed by atoms with Gasteiger partial charge in [-0.2, -0.15) is 0 Å². The summed E-state index contributed by atoms with van der Waals surface area (Å²) in [4.78, 5) is 29.7. The van der Waals surface area contributed by atoms with Gasteiger partial charge in [-0.05, 0) is 100 Å². The molecule has 5 nitrogen and oxygen atoms in total. The van der Waals surface area contributed by atoms with E-state index >= 15 is 4.39 Å². The molecule has 1 N–H and O–H groups in total. The van der Waals surface area contributed by atoms with Crippen molar-refractivity contribution < 1.29 is 14.0 Å². The average Bonchev–Trinajstić information content (AvgIpc) is 2.73. The second-order valence-corrected chi connectivity index (χ2v) is 10.2. The van der Waals surface area contributed by atoms with Crippen LogP contribution in [0, 0.1) is 19.7 Å². The molecule has 0 bridgehead atoms. The zero-order valence-electron chi connectivity index (χ0n) is 21.0. The summed E-state index contributed by atoms with van der Waals surface area (Å²) < 4.78 is 15.4. The van der Waals surface area contributed by atoms with Crippen LogP contribution in [0.4, 0.5) is 15.8 Å². The first-order chi connectivity index (χ1) is 16.4. The Kier molecular flexibility index (Phi) is 6.40. The van der Waals surface area contributed by atoms with E-state index in [9.17, 15) is 9.59 Å². The van der Waals surface area contributed by atoms with Gasteiger partial charge in [-0.1, -0.05) is 19.1 Å². The molecule has 2 aliphatic rings. The zero-order valence-corrected chi connectivity index (χ0v) is 21.8. The van der Waals surface area contributed by atoms with E-state index in [1.54, 1.807) is 6.07 Å². The zero-order chi connectivity index (χ0) is 25.7. The van der Waals surface area contributed by atoms with Crippen LogP contribution >= 0.6 is 12.2 Å². The fourth-order valence-electron chi connectivity index (χ4n) is 4.98. The van der Waals surface area contributed by atoms with Crippen molar-refractivity contribution in [1.29, 1.82) is 0 Å². The first-order valence-electron chi connectivity index (χ1n) is 11.7. The van der Waals surface area contributed by atoms with Crippen LogP contribution in [0.5, 0.6) is 0 Å². The molecule has 182 valence electrons. The third-order valence-corrected chi connectivity index (χ3v) is 6.69. The molecule has 2 aromatic carbocycles. The van der Waals surface area contributed by atoms with Crippen LogP contribution in [0.2, 0.25) is 0 Å². The van der Waals surface area contributed by atoms with Crippen molar-refractivity contribution in [3.05, 3.63) is 70.1 Å². The van der Waals surface area contributed by atoms with Gasteiger partial charge < -0.3 is 4.90 Å². The minimum atomic E-state index is -0.640. The predicted octanol–water partition coefficient (Wildman–Crippen LogP) is 5.69. The lowest BCUT2D eigenvalue weighted by Gasteiger charge is -2.43. The van der Waals surface area contributed by atoms with Gasteiger partial charge in [0.05, 0.1) is 11.2 Å². The van der Waals surface area contributed by atoms with Crippen molar-refractivity contribution in [3.63, 3.8) is 0 Å². The molecule has 2 amide bonds. The number of allylic oxidation sites excluding steroid dienone is 1. The lowest BCUT2D eigenvalue weighted by molar-refractivity contribution is -0.122. The van der Waals surface area contributed by atoms with Crippen LogP contribution in [0.1, 0.15) is 56.4 Å². The van der Waals surface area contributed by atoms with E-state index in [0.29, 0.717) is 5.69 Å². The summed E-state index contributed by atoms with van der Waals surface area (Å²) in [5.41, 5.74) is 4.96. The molecule has 2 aromatic rings. The SMILES string of the molecule is CCCN1c2cc(F)c(/C=C3/C(=O)NC(=S)N(c4cc(C)cc(C)c4)C3=O)cc2C(C)=CC1(C)C. The molecule has 2 aliphatic heterocycles. The van der Waals surface area contributed by atoms with E-state index in [-0.39, 0.29) is 21.8 Å². The summed E-state index contributed by atoms with van der Waals surface area (Å²) in [6, 6.07) is 8.86. The Morgan fingerprint density at radius 2 is 1.71 bits per heavy atom. The van der Waals surface area contributed by atoms with Crippen LogP contribution in [0.25, 0.3) is 11.6 Å². The van der Waals surface area contributed by atoms with Crippen molar-refractivity contribution in [2.75, 3.05) is 16.3 Å². The minimum absolute atomic E-state index is 0.00396. The van der Waals surface area contributed by atoms with Gasteiger partial charge in [-0.15, -0.1) is 0 Å². The maximum absolute atomic E-state index is 15.4. The number of anilines is 2. The number of halogens is 1. The lowest BCUT2D eigenvalue weighted by atomic mass is 9.87. The molecule has 0 radical (unpaired) electrons. The predicted molar refractivity (Wildman–Crippen MR) is 144 cm³/mol. The van der Waals surface area contributed by atoms with Gasteiger partial charge in [-0.25, -0.2) is 4.39 Å². The second-order valence-electron chi connectivity index (χ2n) is 9.83. The monoisotopic (exact) mass is 491 g/mol. The summed E-state index contributed by atoms with van der Waals surface area (Å²) in [6.07, 6.45) is 4.41. The summed E-state index contributed by atoms with van der Waals surface area (Å²) in [5, 5.41) is 2.58. The molecule has 1 saturated heterocycles. The normalized spacial score (nSPS) is 18.5. The molecule has 7 heteroatoms. The van der Waals surface area contributed by atoms with Crippen LogP contribution in [-0.2, 0) is 9.59 Å². The fourth-order valence-corrected chi connectivity index (χ4v) is 5.27. The number of carbonyl (C=O) groups is 2. The van der Waals surface area contributed by atoms with Crippen LogP contribution in [0.3, 0.4) is 0 Å². The van der Waals surface area contributed by atoms with Crippen LogP contribution in [0.15, 0.2) is 42.0 Å². The van der Waals surface area contributed by atoms with Crippen molar-refractivity contribution in [2.24, 2.45) is 0 Å². The number of nitrogens with one attached hydrogen (secondary N) is 1. The van der Waals surface area contributed by atoms with Gasteiger partial charge in [-0.3, -0.25) is 19.8 Å². The van der Waals surface area contributed by atoms with Gasteiger partial charge in [0.2, 0.25) is 0 Å². The second kappa shape index (κ2) is 9.04. The highest BCUT2D eigenvalue weighted by Gasteiger charge is 2.36. The highest BCUT2D eigenvalue weighted by molar-refractivity contribution is 7.80. The van der Waals surface area contributed by atoms with E-state index in [4.69, 9.17) is 12.2 Å². The van der Waals surface area contributed by atoms with Crippen molar-refractivity contribution in [1.82, 2.24) is 5.32 Å². The number of hydrogen-bond acceptors (Lipinski definition) is 4. The number of nitrogens with zero attached hydrogens (tertiary/aromatic N) is 2. The number of fused-ring (bicyclic) bond motifs is 1. The first kappa shape index (κ1) is 24.8. The van der Waals surface area contributed by atoms with Gasteiger partial charge >= 0.3 is 0 Å². The number of aryl methyl sites for hydroxylation is 2. The fraction of sp³-hybridized carbons (Fsp3) is 0.321. The Bertz CT molecular complexity index is 1310. The Hall–Kier alpha value is -3.32.